The summed E-state index contributed by atoms with van der Waals surface area (Å²) in [5, 5.41) is 3.38. The van der Waals surface area contributed by atoms with E-state index in [1.807, 2.05) is 14.0 Å². The predicted octanol–water partition coefficient (Wildman–Crippen LogP) is 1.80. The summed E-state index contributed by atoms with van der Waals surface area (Å²) in [4.78, 5) is 6.70. The maximum atomic E-state index is 11.6. The zero-order valence-corrected chi connectivity index (χ0v) is 17.0. The van der Waals surface area contributed by atoms with Gasteiger partial charge in [0.1, 0.15) is 0 Å². The minimum atomic E-state index is -3.11. The molecule has 6 nitrogen and oxygen atoms in total. The summed E-state index contributed by atoms with van der Waals surface area (Å²) < 4.78 is 24.7. The molecule has 7 heteroatoms. The van der Waals surface area contributed by atoms with Gasteiger partial charge in [0.25, 0.3) is 0 Å². The first kappa shape index (κ1) is 20.7. The highest BCUT2D eigenvalue weighted by atomic mass is 32.2. The third kappa shape index (κ3) is 6.29. The maximum absolute atomic E-state index is 11.6. The molecule has 26 heavy (non-hydrogen) atoms. The predicted molar refractivity (Wildman–Crippen MR) is 108 cm³/mol. The molecule has 1 aromatic rings. The Balaban J connectivity index is 1.75. The fourth-order valence-corrected chi connectivity index (χ4v) is 4.42. The highest BCUT2D eigenvalue weighted by Gasteiger charge is 2.24. The molecule has 0 radical (unpaired) electrons. The van der Waals surface area contributed by atoms with Crippen molar-refractivity contribution in [2.75, 3.05) is 46.0 Å². The van der Waals surface area contributed by atoms with E-state index in [2.05, 4.69) is 45.5 Å². The van der Waals surface area contributed by atoms with E-state index < -0.39 is 10.0 Å². The van der Waals surface area contributed by atoms with Gasteiger partial charge in [0.15, 0.2) is 5.96 Å². The number of aliphatic imine (C=N–C) groups is 1. The van der Waals surface area contributed by atoms with E-state index in [0.717, 1.165) is 38.4 Å². The number of guanidine groups is 1. The second kappa shape index (κ2) is 9.92. The van der Waals surface area contributed by atoms with Crippen LogP contribution in [0, 0.1) is 5.92 Å². The van der Waals surface area contributed by atoms with Gasteiger partial charge in [-0.15, -0.1) is 0 Å². The van der Waals surface area contributed by atoms with Crippen LogP contribution in [0.25, 0.3) is 0 Å². The van der Waals surface area contributed by atoms with Gasteiger partial charge in [-0.2, -0.15) is 0 Å². The van der Waals surface area contributed by atoms with Crippen LogP contribution in [-0.2, 0) is 16.4 Å². The Morgan fingerprint density at radius 2 is 2.08 bits per heavy atom. The Hall–Kier alpha value is -1.60. The van der Waals surface area contributed by atoms with Crippen LogP contribution >= 0.6 is 0 Å². The van der Waals surface area contributed by atoms with Gasteiger partial charge in [0, 0.05) is 39.8 Å². The Labute approximate surface area is 158 Å². The molecule has 1 aliphatic heterocycles. The van der Waals surface area contributed by atoms with Crippen molar-refractivity contribution in [3.05, 3.63) is 35.9 Å². The summed E-state index contributed by atoms with van der Waals surface area (Å²) in [5.41, 5.74) is 1.39. The van der Waals surface area contributed by atoms with Crippen LogP contribution < -0.4 is 5.32 Å². The third-order valence-corrected chi connectivity index (χ3v) is 6.23. The smallest absolute Gasteiger partial charge is 0.211 e. The van der Waals surface area contributed by atoms with Crippen LogP contribution in [0.2, 0.25) is 0 Å². The molecule has 1 saturated heterocycles. The molecule has 1 aromatic carbocycles. The van der Waals surface area contributed by atoms with Gasteiger partial charge in [-0.25, -0.2) is 12.7 Å². The fraction of sp³-hybridized carbons (Fsp3) is 0.632. The molecule has 0 bridgehead atoms. The van der Waals surface area contributed by atoms with E-state index in [-0.39, 0.29) is 0 Å². The molecule has 1 atom stereocenters. The molecule has 1 unspecified atom stereocenters. The number of benzene rings is 1. The van der Waals surface area contributed by atoms with Gasteiger partial charge in [-0.05, 0) is 30.7 Å². The summed E-state index contributed by atoms with van der Waals surface area (Å²) in [7, 11) is -1.30. The molecule has 146 valence electrons. The van der Waals surface area contributed by atoms with Gasteiger partial charge < -0.3 is 10.2 Å². The van der Waals surface area contributed by atoms with Gasteiger partial charge in [-0.1, -0.05) is 37.3 Å². The van der Waals surface area contributed by atoms with Crippen molar-refractivity contribution in [1.82, 2.24) is 14.5 Å². The lowest BCUT2D eigenvalue weighted by Gasteiger charge is -2.23. The van der Waals surface area contributed by atoms with Crippen LogP contribution in [0.4, 0.5) is 0 Å². The van der Waals surface area contributed by atoms with Crippen LogP contribution in [0.3, 0.4) is 0 Å². The number of likely N-dealkylation sites (tertiary alicyclic amines) is 1. The van der Waals surface area contributed by atoms with Crippen molar-refractivity contribution >= 4 is 16.0 Å². The van der Waals surface area contributed by atoms with E-state index in [0.29, 0.717) is 19.0 Å². The highest BCUT2D eigenvalue weighted by Crippen LogP contribution is 2.20. The zero-order chi connectivity index (χ0) is 19.0. The number of rotatable bonds is 8. The number of hydrogen-bond donors (Lipinski definition) is 1. The maximum Gasteiger partial charge on any atom is 0.211 e. The van der Waals surface area contributed by atoms with E-state index in [4.69, 9.17) is 0 Å². The minimum absolute atomic E-state index is 0.515. The third-order valence-electron chi connectivity index (χ3n) is 4.85. The van der Waals surface area contributed by atoms with E-state index in [9.17, 15) is 8.42 Å². The zero-order valence-electron chi connectivity index (χ0n) is 16.2. The van der Waals surface area contributed by atoms with E-state index in [1.54, 1.807) is 0 Å². The number of nitrogens with zero attached hydrogens (tertiary/aromatic N) is 3. The molecular formula is C19H32N4O2S. The van der Waals surface area contributed by atoms with Gasteiger partial charge >= 0.3 is 0 Å². The molecule has 1 heterocycles. The topological polar surface area (TPSA) is 65.0 Å². The second-order valence-electron chi connectivity index (χ2n) is 6.87. The first-order chi connectivity index (χ1) is 12.4. The Kier molecular flexibility index (Phi) is 7.90. The first-order valence-corrected chi connectivity index (χ1v) is 11.2. The quantitative estimate of drug-likeness (QED) is 0.424. The average molecular weight is 381 g/mol. The standard InChI is InChI=1S/C19H32N4O2S/c1-4-23(26(3,24)25)13-8-12-21-19(20-2)22-14-11-18(16-22)15-17-9-6-5-7-10-17/h5-7,9-10,18H,4,8,11-16H2,1-3H3,(H,20,21). The molecule has 1 N–H and O–H groups in total. The first-order valence-electron chi connectivity index (χ1n) is 9.38. The van der Waals surface area contributed by atoms with Crippen molar-refractivity contribution in [2.45, 2.75) is 26.2 Å². The fourth-order valence-electron chi connectivity index (χ4n) is 3.49. The molecule has 0 aromatic heterocycles. The monoisotopic (exact) mass is 380 g/mol. The van der Waals surface area contributed by atoms with Crippen LogP contribution in [0.1, 0.15) is 25.3 Å². The summed E-state index contributed by atoms with van der Waals surface area (Å²) in [6.45, 7) is 5.67. The average Bonchev–Trinajstić information content (AvgIpc) is 3.06. The number of hydrogen-bond acceptors (Lipinski definition) is 3. The Morgan fingerprint density at radius 1 is 1.35 bits per heavy atom. The minimum Gasteiger partial charge on any atom is -0.356 e. The Morgan fingerprint density at radius 3 is 2.69 bits per heavy atom. The summed E-state index contributed by atoms with van der Waals surface area (Å²) in [6, 6.07) is 10.6. The van der Waals surface area contributed by atoms with Crippen LogP contribution in [0.5, 0.6) is 0 Å². The van der Waals surface area contributed by atoms with Crippen molar-refractivity contribution < 1.29 is 8.42 Å². The van der Waals surface area contributed by atoms with Crippen LogP contribution in [-0.4, -0.2) is 69.6 Å². The molecule has 0 amide bonds. The lowest BCUT2D eigenvalue weighted by atomic mass is 9.99. The van der Waals surface area contributed by atoms with Gasteiger partial charge in [0.05, 0.1) is 6.26 Å². The number of nitrogens with one attached hydrogen (secondary N) is 1. The second-order valence-corrected chi connectivity index (χ2v) is 8.86. The molecule has 2 rings (SSSR count). The molecule has 0 aliphatic carbocycles. The highest BCUT2D eigenvalue weighted by molar-refractivity contribution is 7.88. The van der Waals surface area contributed by atoms with E-state index >= 15 is 0 Å². The number of sulfonamides is 1. The van der Waals surface area contributed by atoms with Crippen molar-refractivity contribution in [1.29, 1.82) is 0 Å². The summed E-state index contributed by atoms with van der Waals surface area (Å²) in [5.74, 6) is 1.57. The molecular weight excluding hydrogens is 348 g/mol. The normalized spacial score (nSPS) is 18.5. The molecule has 0 spiro atoms. The Bertz CT molecular complexity index is 676. The lowest BCUT2D eigenvalue weighted by molar-refractivity contribution is 0.419. The molecule has 0 saturated carbocycles. The van der Waals surface area contributed by atoms with Crippen molar-refractivity contribution in [2.24, 2.45) is 10.9 Å². The van der Waals surface area contributed by atoms with Crippen molar-refractivity contribution in [3.8, 4) is 0 Å². The van der Waals surface area contributed by atoms with Crippen LogP contribution in [0.15, 0.2) is 35.3 Å². The SMILES string of the molecule is CCN(CCCNC(=NC)N1CCC(Cc2ccccc2)C1)S(C)(=O)=O. The summed E-state index contributed by atoms with van der Waals surface area (Å²) in [6.07, 6.45) is 4.31. The van der Waals surface area contributed by atoms with Crippen molar-refractivity contribution in [3.63, 3.8) is 0 Å². The van der Waals surface area contributed by atoms with E-state index in [1.165, 1.54) is 22.5 Å². The lowest BCUT2D eigenvalue weighted by Crippen LogP contribution is -2.41. The molecule has 1 fully saturated rings. The van der Waals surface area contributed by atoms with Gasteiger partial charge in [-0.3, -0.25) is 4.99 Å². The molecule has 1 aliphatic rings. The van der Waals surface area contributed by atoms with Gasteiger partial charge in [0.2, 0.25) is 10.0 Å². The largest absolute Gasteiger partial charge is 0.356 e. The summed E-state index contributed by atoms with van der Waals surface area (Å²) >= 11 is 0.